The van der Waals surface area contributed by atoms with E-state index in [0.29, 0.717) is 0 Å². The third-order valence-corrected chi connectivity index (χ3v) is 5.58. The van der Waals surface area contributed by atoms with Gasteiger partial charge in [-0.3, -0.25) is 19.3 Å². The van der Waals surface area contributed by atoms with Crippen molar-refractivity contribution in [2.45, 2.75) is 19.4 Å². The summed E-state index contributed by atoms with van der Waals surface area (Å²) in [5.74, 6) is -0.401. The molecule has 1 heterocycles. The summed E-state index contributed by atoms with van der Waals surface area (Å²) in [6.07, 6.45) is 3.36. The first kappa shape index (κ1) is 18.1. The monoisotopic (exact) mass is 397 g/mol. The van der Waals surface area contributed by atoms with Crippen LogP contribution in [0.25, 0.3) is 10.8 Å². The van der Waals surface area contributed by atoms with Crippen molar-refractivity contribution in [2.24, 2.45) is 4.99 Å². The average molecular weight is 397 g/mol. The molecular weight excluding hydrogens is 378 g/mol. The van der Waals surface area contributed by atoms with Crippen LogP contribution < -0.4 is 11.2 Å². The quantitative estimate of drug-likeness (QED) is 0.518. The number of aromatic amines is 1. The van der Waals surface area contributed by atoms with Gasteiger partial charge in [0.25, 0.3) is 5.56 Å². The Morgan fingerprint density at radius 3 is 2.53 bits per heavy atom. The van der Waals surface area contributed by atoms with E-state index >= 15 is 0 Å². The van der Waals surface area contributed by atoms with Crippen molar-refractivity contribution in [3.8, 4) is 5.88 Å². The molecule has 0 fully saturated rings. The fraction of sp³-hybridized carbons (Fsp3) is 0.125. The summed E-state index contributed by atoms with van der Waals surface area (Å²) in [7, 11) is 0. The Morgan fingerprint density at radius 1 is 0.967 bits per heavy atom. The van der Waals surface area contributed by atoms with E-state index in [9.17, 15) is 14.7 Å². The molecule has 30 heavy (non-hydrogen) atoms. The van der Waals surface area contributed by atoms with Crippen LogP contribution >= 0.6 is 0 Å². The minimum atomic E-state index is -0.670. The second-order valence-electron chi connectivity index (χ2n) is 7.41. The van der Waals surface area contributed by atoms with Crippen LogP contribution in [-0.4, -0.2) is 20.9 Å². The first-order valence-electron chi connectivity index (χ1n) is 9.79. The molecule has 6 heteroatoms. The molecule has 3 aromatic carbocycles. The van der Waals surface area contributed by atoms with Crippen molar-refractivity contribution in [1.29, 1.82) is 0 Å². The van der Waals surface area contributed by atoms with E-state index in [1.54, 1.807) is 0 Å². The Hall–Kier alpha value is -3.93. The zero-order valence-corrected chi connectivity index (χ0v) is 16.1. The van der Waals surface area contributed by atoms with E-state index in [4.69, 9.17) is 0 Å². The Balaban J connectivity index is 1.58. The van der Waals surface area contributed by atoms with Crippen LogP contribution in [0.5, 0.6) is 5.88 Å². The fourth-order valence-corrected chi connectivity index (χ4v) is 4.08. The molecule has 1 aliphatic rings. The fourth-order valence-electron chi connectivity index (χ4n) is 4.08. The summed E-state index contributed by atoms with van der Waals surface area (Å²) < 4.78 is 1.13. The van der Waals surface area contributed by atoms with Gasteiger partial charge in [0, 0.05) is 11.6 Å². The molecule has 148 valence electrons. The smallest absolute Gasteiger partial charge is 0.331 e. The molecule has 1 aromatic heterocycles. The number of hydrogen-bond acceptors (Lipinski definition) is 4. The zero-order chi connectivity index (χ0) is 20.7. The van der Waals surface area contributed by atoms with Gasteiger partial charge in [-0.2, -0.15) is 0 Å². The second kappa shape index (κ2) is 7.15. The van der Waals surface area contributed by atoms with Gasteiger partial charge in [0.15, 0.2) is 0 Å². The minimum absolute atomic E-state index is 0.0474. The van der Waals surface area contributed by atoms with E-state index in [1.165, 1.54) is 22.7 Å². The van der Waals surface area contributed by atoms with Crippen LogP contribution in [-0.2, 0) is 19.4 Å². The summed E-state index contributed by atoms with van der Waals surface area (Å²) in [4.78, 5) is 31.4. The lowest BCUT2D eigenvalue weighted by Crippen LogP contribution is -2.32. The maximum atomic E-state index is 12.3. The Labute approximate surface area is 171 Å². The van der Waals surface area contributed by atoms with Crippen molar-refractivity contribution < 1.29 is 5.11 Å². The van der Waals surface area contributed by atoms with Crippen molar-refractivity contribution in [2.75, 3.05) is 0 Å². The number of hydrogen-bond donors (Lipinski definition) is 2. The summed E-state index contributed by atoms with van der Waals surface area (Å²) in [5.41, 5.74) is 2.77. The number of H-pyrrole nitrogens is 1. The van der Waals surface area contributed by atoms with Gasteiger partial charge in [0.2, 0.25) is 5.88 Å². The van der Waals surface area contributed by atoms with E-state index in [2.05, 4.69) is 22.1 Å². The van der Waals surface area contributed by atoms with Crippen molar-refractivity contribution in [3.63, 3.8) is 0 Å². The number of aliphatic imine (C=N–C) groups is 1. The van der Waals surface area contributed by atoms with Gasteiger partial charge in [0.05, 0.1) is 12.2 Å². The standard InChI is InChI=1S/C24H19N3O3/c28-22-19(23(29)27(24(30)26-22)14-15-5-2-1-3-6-15)13-25-20-12-11-17-10-9-16-7-4-8-18(20)21(16)17/h1-8,11-13,29H,9-10,14H2,(H,26,28,30). The van der Waals surface area contributed by atoms with Crippen molar-refractivity contribution in [3.05, 3.63) is 104 Å². The third-order valence-electron chi connectivity index (χ3n) is 5.58. The largest absolute Gasteiger partial charge is 0.494 e. The zero-order valence-electron chi connectivity index (χ0n) is 16.1. The highest BCUT2D eigenvalue weighted by atomic mass is 16.3. The number of nitrogens with zero attached hydrogens (tertiary/aromatic N) is 2. The maximum Gasteiger partial charge on any atom is 0.331 e. The molecule has 2 N–H and O–H groups in total. The van der Waals surface area contributed by atoms with Crippen molar-refractivity contribution >= 4 is 22.7 Å². The molecule has 5 rings (SSSR count). The summed E-state index contributed by atoms with van der Waals surface area (Å²) >= 11 is 0. The van der Waals surface area contributed by atoms with Crippen LogP contribution in [0.15, 0.2) is 75.2 Å². The molecule has 0 atom stereocenters. The minimum Gasteiger partial charge on any atom is -0.494 e. The number of aromatic nitrogens is 2. The molecule has 1 aliphatic carbocycles. The van der Waals surface area contributed by atoms with Crippen LogP contribution in [0.4, 0.5) is 5.69 Å². The molecule has 0 amide bonds. The topological polar surface area (TPSA) is 87.5 Å². The molecule has 0 saturated carbocycles. The molecule has 4 aromatic rings. The maximum absolute atomic E-state index is 12.3. The first-order valence-corrected chi connectivity index (χ1v) is 9.79. The van der Waals surface area contributed by atoms with Crippen LogP contribution in [0.3, 0.4) is 0 Å². The molecule has 0 spiro atoms. The highest BCUT2D eigenvalue weighted by Gasteiger charge is 2.16. The SMILES string of the molecule is O=c1[nH]c(=O)n(Cc2ccccc2)c(O)c1C=Nc1ccc2c3c(cccc13)CC2. The van der Waals surface area contributed by atoms with Crippen LogP contribution in [0.1, 0.15) is 22.3 Å². The van der Waals surface area contributed by atoms with Crippen molar-refractivity contribution in [1.82, 2.24) is 9.55 Å². The molecule has 0 saturated heterocycles. The predicted molar refractivity (Wildman–Crippen MR) is 117 cm³/mol. The molecular formula is C24H19N3O3. The van der Waals surface area contributed by atoms with E-state index in [1.807, 2.05) is 48.5 Å². The van der Waals surface area contributed by atoms with E-state index in [-0.39, 0.29) is 12.1 Å². The lowest BCUT2D eigenvalue weighted by Gasteiger charge is -2.10. The number of aryl methyl sites for hydroxylation is 2. The van der Waals surface area contributed by atoms with E-state index in [0.717, 1.165) is 34.0 Å². The van der Waals surface area contributed by atoms with Gasteiger partial charge in [-0.25, -0.2) is 4.79 Å². The Bertz CT molecular complexity index is 1410. The van der Waals surface area contributed by atoms with Gasteiger partial charge in [-0.1, -0.05) is 54.6 Å². The number of nitrogens with one attached hydrogen (secondary N) is 1. The highest BCUT2D eigenvalue weighted by Crippen LogP contribution is 2.36. The third kappa shape index (κ3) is 3.03. The summed E-state index contributed by atoms with van der Waals surface area (Å²) in [6, 6.07) is 19.4. The van der Waals surface area contributed by atoms with Gasteiger partial charge in [-0.15, -0.1) is 0 Å². The Morgan fingerprint density at radius 2 is 1.73 bits per heavy atom. The lowest BCUT2D eigenvalue weighted by molar-refractivity contribution is 0.408. The van der Waals surface area contributed by atoms with Gasteiger partial charge in [0.1, 0.15) is 5.56 Å². The summed E-state index contributed by atoms with van der Waals surface area (Å²) in [5, 5.41) is 12.9. The molecule has 6 nitrogen and oxygen atoms in total. The predicted octanol–water partition coefficient (Wildman–Crippen LogP) is 3.29. The first-order chi connectivity index (χ1) is 14.6. The van der Waals surface area contributed by atoms with Gasteiger partial charge >= 0.3 is 5.69 Å². The number of benzene rings is 3. The van der Waals surface area contributed by atoms with Gasteiger partial charge in [-0.05, 0) is 41.0 Å². The summed E-state index contributed by atoms with van der Waals surface area (Å²) in [6.45, 7) is 0.143. The average Bonchev–Trinajstić information content (AvgIpc) is 3.18. The number of aromatic hydroxyl groups is 1. The Kier molecular flexibility index (Phi) is 4.32. The molecule has 0 aliphatic heterocycles. The molecule has 0 radical (unpaired) electrons. The van der Waals surface area contributed by atoms with Crippen LogP contribution in [0, 0.1) is 0 Å². The van der Waals surface area contributed by atoms with Gasteiger partial charge < -0.3 is 5.11 Å². The second-order valence-corrected chi connectivity index (χ2v) is 7.41. The van der Waals surface area contributed by atoms with Crippen LogP contribution in [0.2, 0.25) is 0 Å². The highest BCUT2D eigenvalue weighted by molar-refractivity contribution is 6.00. The molecule has 0 unspecified atom stereocenters. The van der Waals surface area contributed by atoms with E-state index < -0.39 is 17.1 Å². The normalized spacial score (nSPS) is 12.8. The number of rotatable bonds is 4. The molecule has 0 bridgehead atoms. The lowest BCUT2D eigenvalue weighted by atomic mass is 10.0.